The molecule has 108 valence electrons. The minimum Gasteiger partial charge on any atom is -0.480 e. The van der Waals surface area contributed by atoms with E-state index in [1.807, 2.05) is 6.92 Å². The van der Waals surface area contributed by atoms with Crippen LogP contribution in [-0.4, -0.2) is 53.7 Å². The van der Waals surface area contributed by atoms with Crippen molar-refractivity contribution >= 4 is 12.0 Å². The monoisotopic (exact) mass is 269 g/mol. The Morgan fingerprint density at radius 1 is 1.53 bits per heavy atom. The molecule has 19 heavy (non-hydrogen) atoms. The number of amides is 2. The topological polar surface area (TPSA) is 81.7 Å². The maximum absolute atomic E-state index is 12.2. The summed E-state index contributed by atoms with van der Waals surface area (Å²) in [5.74, 6) is -1.03. The van der Waals surface area contributed by atoms with Gasteiger partial charge < -0.3 is 20.6 Å². The lowest BCUT2D eigenvalue weighted by atomic mass is 10.1. The normalized spacial score (nSPS) is 17.5. The zero-order valence-corrected chi connectivity index (χ0v) is 11.4. The van der Waals surface area contributed by atoms with Crippen molar-refractivity contribution in [3.8, 4) is 0 Å². The molecule has 1 atom stereocenters. The van der Waals surface area contributed by atoms with E-state index in [9.17, 15) is 9.59 Å². The molecular weight excluding hydrogens is 246 g/mol. The second kappa shape index (κ2) is 7.78. The number of hydrogen-bond acceptors (Lipinski definition) is 3. The minimum absolute atomic E-state index is 0.185. The van der Waals surface area contributed by atoms with Crippen LogP contribution in [0.25, 0.3) is 0 Å². The van der Waals surface area contributed by atoms with Crippen LogP contribution in [0.3, 0.4) is 0 Å². The highest BCUT2D eigenvalue weighted by Crippen LogP contribution is 2.12. The van der Waals surface area contributed by atoms with Gasteiger partial charge in [0, 0.05) is 12.6 Å². The lowest BCUT2D eigenvalue weighted by molar-refractivity contribution is -0.139. The number of carboxylic acids is 1. The quantitative estimate of drug-likeness (QED) is 0.623. The highest BCUT2D eigenvalue weighted by molar-refractivity contribution is 5.82. The molecule has 0 aliphatic carbocycles. The van der Waals surface area contributed by atoms with Crippen LogP contribution in [0.4, 0.5) is 4.79 Å². The van der Waals surface area contributed by atoms with Crippen molar-refractivity contribution in [1.29, 1.82) is 0 Å². The van der Waals surface area contributed by atoms with E-state index in [1.54, 1.807) is 4.90 Å². The molecule has 0 spiro atoms. The number of hydrogen-bond donors (Lipinski definition) is 3. The fourth-order valence-corrected chi connectivity index (χ4v) is 2.31. The molecule has 2 amide bonds. The summed E-state index contributed by atoms with van der Waals surface area (Å²) in [5.41, 5.74) is 0. The molecule has 0 aromatic carbocycles. The van der Waals surface area contributed by atoms with Crippen molar-refractivity contribution in [3.05, 3.63) is 12.7 Å². The molecular formula is C13H23N3O3. The first-order valence-corrected chi connectivity index (χ1v) is 6.71. The Bertz CT molecular complexity index is 327. The van der Waals surface area contributed by atoms with Gasteiger partial charge in [-0.15, -0.1) is 6.58 Å². The molecule has 0 radical (unpaired) electrons. The van der Waals surface area contributed by atoms with Gasteiger partial charge in [0.1, 0.15) is 6.04 Å². The smallest absolute Gasteiger partial charge is 0.326 e. The number of nitrogens with zero attached hydrogens (tertiary/aromatic N) is 1. The molecule has 1 fully saturated rings. The highest BCUT2D eigenvalue weighted by atomic mass is 16.4. The van der Waals surface area contributed by atoms with E-state index in [-0.39, 0.29) is 18.5 Å². The minimum atomic E-state index is -1.03. The first-order chi connectivity index (χ1) is 9.10. The molecule has 6 heteroatoms. The lowest BCUT2D eigenvalue weighted by Gasteiger charge is -2.34. The molecule has 1 rings (SSSR count). The van der Waals surface area contributed by atoms with E-state index in [4.69, 9.17) is 5.11 Å². The zero-order valence-electron chi connectivity index (χ0n) is 11.4. The Balaban J connectivity index is 2.61. The van der Waals surface area contributed by atoms with E-state index >= 15 is 0 Å². The summed E-state index contributed by atoms with van der Waals surface area (Å²) in [6, 6.07) is -1.02. The molecule has 0 bridgehead atoms. The molecule has 1 unspecified atom stereocenters. The van der Waals surface area contributed by atoms with Gasteiger partial charge in [0.25, 0.3) is 0 Å². The van der Waals surface area contributed by atoms with Gasteiger partial charge in [-0.05, 0) is 39.3 Å². The van der Waals surface area contributed by atoms with E-state index < -0.39 is 12.0 Å². The summed E-state index contributed by atoms with van der Waals surface area (Å²) in [7, 11) is 0. The number of rotatable bonds is 6. The number of carboxylic acid groups (broad SMARTS) is 1. The first kappa shape index (κ1) is 15.5. The third-order valence-electron chi connectivity index (χ3n) is 3.35. The molecule has 0 saturated carbocycles. The third-order valence-corrected chi connectivity index (χ3v) is 3.35. The van der Waals surface area contributed by atoms with E-state index in [0.717, 1.165) is 25.9 Å². The predicted molar refractivity (Wildman–Crippen MR) is 73.0 cm³/mol. The van der Waals surface area contributed by atoms with Crippen molar-refractivity contribution in [2.45, 2.75) is 38.3 Å². The van der Waals surface area contributed by atoms with Gasteiger partial charge in [-0.3, -0.25) is 0 Å². The van der Waals surface area contributed by atoms with E-state index in [1.165, 1.54) is 6.08 Å². The Morgan fingerprint density at radius 2 is 2.16 bits per heavy atom. The molecule has 1 aliphatic heterocycles. The average molecular weight is 269 g/mol. The Labute approximate surface area is 113 Å². The fourth-order valence-electron chi connectivity index (χ4n) is 2.31. The van der Waals surface area contributed by atoms with Crippen molar-refractivity contribution in [2.24, 2.45) is 0 Å². The average Bonchev–Trinajstić information content (AvgIpc) is 2.40. The van der Waals surface area contributed by atoms with Crippen molar-refractivity contribution in [2.75, 3.05) is 19.6 Å². The second-order valence-electron chi connectivity index (χ2n) is 4.63. The fraction of sp³-hybridized carbons (Fsp3) is 0.692. The van der Waals surface area contributed by atoms with Crippen molar-refractivity contribution in [1.82, 2.24) is 15.5 Å². The molecule has 1 aliphatic rings. The van der Waals surface area contributed by atoms with Gasteiger partial charge in [-0.1, -0.05) is 6.08 Å². The molecule has 1 heterocycles. The molecule has 0 aromatic heterocycles. The van der Waals surface area contributed by atoms with Crippen molar-refractivity contribution < 1.29 is 14.7 Å². The Morgan fingerprint density at radius 3 is 2.63 bits per heavy atom. The molecule has 1 saturated heterocycles. The van der Waals surface area contributed by atoms with E-state index in [2.05, 4.69) is 17.2 Å². The van der Waals surface area contributed by atoms with Crippen molar-refractivity contribution in [3.63, 3.8) is 0 Å². The lowest BCUT2D eigenvalue weighted by Crippen LogP contribution is -2.53. The van der Waals surface area contributed by atoms with Crippen LogP contribution >= 0.6 is 0 Å². The van der Waals surface area contributed by atoms with Gasteiger partial charge >= 0.3 is 12.0 Å². The third kappa shape index (κ3) is 4.55. The Kier molecular flexibility index (Phi) is 6.35. The van der Waals surface area contributed by atoms with Gasteiger partial charge in [0.15, 0.2) is 0 Å². The number of nitrogens with one attached hydrogen (secondary N) is 2. The largest absolute Gasteiger partial charge is 0.480 e. The maximum Gasteiger partial charge on any atom is 0.326 e. The summed E-state index contributed by atoms with van der Waals surface area (Å²) >= 11 is 0. The SMILES string of the molecule is C=CCC(NC(=O)N(CC)C1CCNCC1)C(=O)O. The van der Waals surface area contributed by atoms with Gasteiger partial charge in [-0.2, -0.15) is 0 Å². The first-order valence-electron chi connectivity index (χ1n) is 6.71. The van der Waals surface area contributed by atoms with Crippen LogP contribution in [0.1, 0.15) is 26.2 Å². The number of carbonyl (C=O) groups is 2. The van der Waals surface area contributed by atoms with Crippen LogP contribution in [0, 0.1) is 0 Å². The summed E-state index contributed by atoms with van der Waals surface area (Å²) in [6.07, 6.45) is 3.53. The maximum atomic E-state index is 12.2. The van der Waals surface area contributed by atoms with Crippen LogP contribution in [0.2, 0.25) is 0 Å². The van der Waals surface area contributed by atoms with Crippen LogP contribution in [-0.2, 0) is 4.79 Å². The zero-order chi connectivity index (χ0) is 14.3. The molecule has 3 N–H and O–H groups in total. The number of carbonyl (C=O) groups excluding carboxylic acids is 1. The second-order valence-corrected chi connectivity index (χ2v) is 4.63. The van der Waals surface area contributed by atoms with Gasteiger partial charge in [-0.25, -0.2) is 9.59 Å². The van der Waals surface area contributed by atoms with Crippen LogP contribution in [0.15, 0.2) is 12.7 Å². The number of piperidine rings is 1. The van der Waals surface area contributed by atoms with Gasteiger partial charge in [0.05, 0.1) is 0 Å². The summed E-state index contributed by atoms with van der Waals surface area (Å²) in [6.45, 7) is 7.78. The highest BCUT2D eigenvalue weighted by Gasteiger charge is 2.27. The van der Waals surface area contributed by atoms with Gasteiger partial charge in [0.2, 0.25) is 0 Å². The van der Waals surface area contributed by atoms with E-state index in [0.29, 0.717) is 6.54 Å². The predicted octanol–water partition coefficient (Wildman–Crippen LogP) is 0.799. The summed E-state index contributed by atoms with van der Waals surface area (Å²) in [5, 5.41) is 14.8. The van der Waals surface area contributed by atoms with Crippen LogP contribution < -0.4 is 10.6 Å². The molecule has 0 aromatic rings. The number of urea groups is 1. The summed E-state index contributed by atoms with van der Waals surface area (Å²) < 4.78 is 0. The standard InChI is InChI=1S/C13H23N3O3/c1-3-5-11(12(17)18)15-13(19)16(4-2)10-6-8-14-9-7-10/h3,10-11,14H,1,4-9H2,2H3,(H,15,19)(H,17,18). The number of aliphatic carboxylic acids is 1. The Hall–Kier alpha value is -1.56. The van der Waals surface area contributed by atoms with Crippen LogP contribution in [0.5, 0.6) is 0 Å². The molecule has 6 nitrogen and oxygen atoms in total. The summed E-state index contributed by atoms with van der Waals surface area (Å²) in [4.78, 5) is 24.9.